The van der Waals surface area contributed by atoms with Gasteiger partial charge in [-0.2, -0.15) is 0 Å². The third-order valence-electron chi connectivity index (χ3n) is 3.88. The van der Waals surface area contributed by atoms with Gasteiger partial charge in [0.05, 0.1) is 4.90 Å². The lowest BCUT2D eigenvalue weighted by Crippen LogP contribution is -2.18. The summed E-state index contributed by atoms with van der Waals surface area (Å²) in [6.45, 7) is 0. The zero-order chi connectivity index (χ0) is 19.8. The molecule has 3 rings (SSSR count). The molecule has 1 unspecified atom stereocenters. The minimum atomic E-state index is -4.18. The van der Waals surface area contributed by atoms with Crippen molar-refractivity contribution in [1.29, 1.82) is 0 Å². The van der Waals surface area contributed by atoms with Crippen LogP contribution in [0.2, 0.25) is 5.02 Å². The molecule has 9 heteroatoms. The van der Waals surface area contributed by atoms with E-state index in [4.69, 9.17) is 17.3 Å². The molecule has 1 aromatic heterocycles. The molecule has 2 N–H and O–H groups in total. The van der Waals surface area contributed by atoms with Crippen LogP contribution in [0.15, 0.2) is 64.1 Å². The lowest BCUT2D eigenvalue weighted by Gasteiger charge is -2.21. The summed E-state index contributed by atoms with van der Waals surface area (Å²) < 4.78 is 55.4. The van der Waals surface area contributed by atoms with Crippen molar-refractivity contribution in [1.82, 2.24) is 4.98 Å². The molecule has 0 saturated carbocycles. The van der Waals surface area contributed by atoms with E-state index in [2.05, 4.69) is 20.9 Å². The lowest BCUT2D eigenvalue weighted by atomic mass is 10.0. The Bertz CT molecular complexity index is 1060. The minimum Gasteiger partial charge on any atom is -0.384 e. The topological polar surface area (TPSA) is 73.1 Å². The Morgan fingerprint density at radius 3 is 2.37 bits per heavy atom. The third kappa shape index (κ3) is 3.97. The van der Waals surface area contributed by atoms with E-state index in [9.17, 15) is 17.2 Å². The molecule has 0 radical (unpaired) electrons. The Kier molecular flexibility index (Phi) is 5.50. The maximum Gasteiger partial charge on any atom is 0.189 e. The van der Waals surface area contributed by atoms with Gasteiger partial charge >= 0.3 is 0 Å². The maximum absolute atomic E-state index is 14.5. The highest BCUT2D eigenvalue weighted by Gasteiger charge is 2.35. The number of rotatable bonds is 4. The molecule has 0 saturated heterocycles. The minimum absolute atomic E-state index is 0.0429. The number of nitrogens with two attached hydrogens (primary N) is 1. The largest absolute Gasteiger partial charge is 0.384 e. The number of halogens is 4. The molecule has 27 heavy (non-hydrogen) atoms. The van der Waals surface area contributed by atoms with Crippen LogP contribution in [-0.2, 0) is 9.84 Å². The van der Waals surface area contributed by atoms with E-state index in [0.717, 1.165) is 18.2 Å². The zero-order valence-corrected chi connectivity index (χ0v) is 16.7. The van der Waals surface area contributed by atoms with Crippen LogP contribution < -0.4 is 5.73 Å². The van der Waals surface area contributed by atoms with Crippen molar-refractivity contribution in [3.05, 3.63) is 87.0 Å². The van der Waals surface area contributed by atoms with Gasteiger partial charge in [-0.05, 0) is 70.0 Å². The first kappa shape index (κ1) is 19.7. The summed E-state index contributed by atoms with van der Waals surface area (Å²) in [5, 5.41) is -1.20. The molecular weight excluding hydrogens is 462 g/mol. The number of nitrogens with zero attached hydrogens (tertiary/aromatic N) is 1. The van der Waals surface area contributed by atoms with E-state index in [1.54, 1.807) is 0 Å². The van der Waals surface area contributed by atoms with Crippen LogP contribution in [0.25, 0.3) is 0 Å². The second kappa shape index (κ2) is 7.53. The van der Waals surface area contributed by atoms with Crippen LogP contribution in [0.5, 0.6) is 0 Å². The molecule has 140 valence electrons. The Morgan fingerprint density at radius 2 is 1.70 bits per heavy atom. The van der Waals surface area contributed by atoms with Crippen molar-refractivity contribution < 1.29 is 17.2 Å². The van der Waals surface area contributed by atoms with E-state index < -0.39 is 26.7 Å². The van der Waals surface area contributed by atoms with E-state index in [-0.39, 0.29) is 21.8 Å². The van der Waals surface area contributed by atoms with Crippen LogP contribution in [0.4, 0.5) is 14.6 Å². The molecule has 0 fully saturated rings. The fourth-order valence-corrected chi connectivity index (χ4v) is 5.21. The van der Waals surface area contributed by atoms with Gasteiger partial charge in [-0.15, -0.1) is 0 Å². The Morgan fingerprint density at radius 1 is 1.04 bits per heavy atom. The number of pyridine rings is 1. The van der Waals surface area contributed by atoms with Gasteiger partial charge in [0, 0.05) is 21.3 Å². The van der Waals surface area contributed by atoms with Gasteiger partial charge in [-0.3, -0.25) is 0 Å². The summed E-state index contributed by atoms with van der Waals surface area (Å²) >= 11 is 9.06. The average molecular weight is 474 g/mol. The SMILES string of the molecule is Nc1cc(C(c2cc(F)ccc2F)S(=O)(=O)c2ccc(Cl)cc2)c(Br)cn1. The summed E-state index contributed by atoms with van der Waals surface area (Å²) in [6.07, 6.45) is 1.31. The van der Waals surface area contributed by atoms with Gasteiger partial charge in [-0.1, -0.05) is 11.6 Å². The number of anilines is 1. The summed E-state index contributed by atoms with van der Waals surface area (Å²) in [4.78, 5) is 3.78. The van der Waals surface area contributed by atoms with Gasteiger partial charge in [-0.25, -0.2) is 22.2 Å². The molecule has 0 aliphatic rings. The van der Waals surface area contributed by atoms with Crippen molar-refractivity contribution in [2.45, 2.75) is 10.1 Å². The lowest BCUT2D eigenvalue weighted by molar-refractivity contribution is 0.569. The molecule has 1 atom stereocenters. The molecule has 0 bridgehead atoms. The number of hydrogen-bond acceptors (Lipinski definition) is 4. The highest BCUT2D eigenvalue weighted by Crippen LogP contribution is 2.40. The Labute approximate surface area is 168 Å². The molecule has 2 aromatic carbocycles. The normalized spacial score (nSPS) is 12.7. The van der Waals surface area contributed by atoms with E-state index in [1.165, 1.54) is 36.5 Å². The smallest absolute Gasteiger partial charge is 0.189 e. The van der Waals surface area contributed by atoms with Crippen molar-refractivity contribution in [3.63, 3.8) is 0 Å². The highest BCUT2D eigenvalue weighted by molar-refractivity contribution is 9.10. The second-order valence-corrected chi connectivity index (χ2v) is 9.00. The Hall–Kier alpha value is -2.03. The van der Waals surface area contributed by atoms with Crippen LogP contribution in [0.3, 0.4) is 0 Å². The number of benzene rings is 2. The molecule has 0 aliphatic carbocycles. The third-order valence-corrected chi connectivity index (χ3v) is 6.85. The molecule has 0 amide bonds. The summed E-state index contributed by atoms with van der Waals surface area (Å²) in [7, 11) is -4.18. The molecule has 0 aliphatic heterocycles. The second-order valence-electron chi connectivity index (χ2n) is 5.68. The van der Waals surface area contributed by atoms with E-state index >= 15 is 0 Å². The molecule has 4 nitrogen and oxygen atoms in total. The fraction of sp³-hybridized carbons (Fsp3) is 0.0556. The number of sulfone groups is 1. The van der Waals surface area contributed by atoms with Crippen molar-refractivity contribution in [2.24, 2.45) is 0 Å². The van der Waals surface area contributed by atoms with Crippen molar-refractivity contribution >= 4 is 43.2 Å². The van der Waals surface area contributed by atoms with E-state index in [0.29, 0.717) is 9.50 Å². The van der Waals surface area contributed by atoms with Crippen LogP contribution in [-0.4, -0.2) is 13.4 Å². The molecular formula is C18H12BrClF2N2O2S. The van der Waals surface area contributed by atoms with Gasteiger partial charge in [0.25, 0.3) is 0 Å². The summed E-state index contributed by atoms with van der Waals surface area (Å²) in [5.41, 5.74) is 5.50. The van der Waals surface area contributed by atoms with Crippen LogP contribution >= 0.6 is 27.5 Å². The van der Waals surface area contributed by atoms with Crippen LogP contribution in [0, 0.1) is 11.6 Å². The highest BCUT2D eigenvalue weighted by atomic mass is 79.9. The molecule has 1 heterocycles. The number of hydrogen-bond donors (Lipinski definition) is 1. The number of aromatic nitrogens is 1. The monoisotopic (exact) mass is 472 g/mol. The van der Waals surface area contributed by atoms with Gasteiger partial charge in [0.1, 0.15) is 22.7 Å². The predicted octanol–water partition coefficient (Wildman–Crippen LogP) is 4.92. The first-order valence-corrected chi connectivity index (χ1v) is 10.3. The average Bonchev–Trinajstić information content (AvgIpc) is 2.61. The van der Waals surface area contributed by atoms with Gasteiger partial charge < -0.3 is 5.73 Å². The zero-order valence-electron chi connectivity index (χ0n) is 13.5. The van der Waals surface area contributed by atoms with Crippen LogP contribution in [0.1, 0.15) is 16.4 Å². The van der Waals surface area contributed by atoms with Gasteiger partial charge in [0.15, 0.2) is 9.84 Å². The number of nitrogen functional groups attached to an aromatic ring is 1. The quantitative estimate of drug-likeness (QED) is 0.584. The Balaban J connectivity index is 2.32. The summed E-state index contributed by atoms with van der Waals surface area (Å²) in [6, 6.07) is 9.39. The van der Waals surface area contributed by atoms with Crippen molar-refractivity contribution in [3.8, 4) is 0 Å². The fourth-order valence-electron chi connectivity index (χ4n) is 2.65. The van der Waals surface area contributed by atoms with Crippen molar-refractivity contribution in [2.75, 3.05) is 5.73 Å². The standard InChI is InChI=1S/C18H12BrClF2N2O2S/c19-15-9-24-17(23)8-13(15)18(14-7-11(21)3-6-16(14)22)27(25,26)12-4-1-10(20)2-5-12/h1-9,18H,(H2,23,24). The predicted molar refractivity (Wildman–Crippen MR) is 103 cm³/mol. The molecule has 3 aromatic rings. The maximum atomic E-state index is 14.5. The first-order chi connectivity index (χ1) is 12.7. The first-order valence-electron chi connectivity index (χ1n) is 7.55. The summed E-state index contributed by atoms with van der Waals surface area (Å²) in [5.74, 6) is -1.58. The molecule has 0 spiro atoms. The van der Waals surface area contributed by atoms with Gasteiger partial charge in [0.2, 0.25) is 0 Å². The van der Waals surface area contributed by atoms with E-state index in [1.807, 2.05) is 0 Å².